The second kappa shape index (κ2) is 6.55. The van der Waals surface area contributed by atoms with Gasteiger partial charge in [0.2, 0.25) is 5.91 Å². The highest BCUT2D eigenvalue weighted by Crippen LogP contribution is 2.25. The summed E-state index contributed by atoms with van der Waals surface area (Å²) in [4.78, 5) is 23.1. The first kappa shape index (κ1) is 14.7. The second-order valence-electron chi connectivity index (χ2n) is 4.34. The molecule has 98 valence electrons. The van der Waals surface area contributed by atoms with Crippen molar-refractivity contribution >= 4 is 23.3 Å². The van der Waals surface area contributed by atoms with Crippen molar-refractivity contribution in [1.29, 1.82) is 0 Å². The molecule has 0 fully saturated rings. The van der Waals surface area contributed by atoms with E-state index in [1.165, 1.54) is 6.92 Å². The molecule has 2 atom stereocenters. The first-order chi connectivity index (χ1) is 8.45. The lowest BCUT2D eigenvalue weighted by atomic mass is 9.90. The van der Waals surface area contributed by atoms with Gasteiger partial charge in [0.15, 0.2) is 0 Å². The van der Waals surface area contributed by atoms with Crippen molar-refractivity contribution in [3.05, 3.63) is 34.9 Å². The zero-order chi connectivity index (χ0) is 13.7. The lowest BCUT2D eigenvalue weighted by molar-refractivity contribution is -0.124. The molecule has 0 radical (unpaired) electrons. The number of carbonyl (C=O) groups is 2. The summed E-state index contributed by atoms with van der Waals surface area (Å²) in [6.07, 6.45) is 0.463. The fraction of sp³-hybridized carbons (Fsp3) is 0.429. The number of rotatable bonds is 5. The molecule has 1 rings (SSSR count). The summed E-state index contributed by atoms with van der Waals surface area (Å²) in [7, 11) is 0. The molecular formula is C14H18ClNO2. The Bertz CT molecular complexity index is 428. The van der Waals surface area contributed by atoms with E-state index in [9.17, 15) is 9.59 Å². The van der Waals surface area contributed by atoms with Crippen LogP contribution >= 0.6 is 11.6 Å². The zero-order valence-corrected chi connectivity index (χ0v) is 11.6. The SMILES string of the molecule is CCC(=O)C(C)C(NC(C)=O)c1ccc(Cl)cc1. The highest BCUT2D eigenvalue weighted by atomic mass is 35.5. The van der Waals surface area contributed by atoms with Crippen LogP contribution in [-0.4, -0.2) is 11.7 Å². The quantitative estimate of drug-likeness (QED) is 0.891. The lowest BCUT2D eigenvalue weighted by Crippen LogP contribution is -2.34. The summed E-state index contributed by atoms with van der Waals surface area (Å²) in [6, 6.07) is 6.89. The number of carbonyl (C=O) groups excluding carboxylic acids is 2. The van der Waals surface area contributed by atoms with Crippen LogP contribution in [0.2, 0.25) is 5.02 Å². The van der Waals surface area contributed by atoms with Crippen molar-refractivity contribution in [3.8, 4) is 0 Å². The Balaban J connectivity index is 3.00. The molecule has 1 N–H and O–H groups in total. The maximum atomic E-state index is 11.8. The largest absolute Gasteiger partial charge is 0.349 e. The maximum absolute atomic E-state index is 11.8. The summed E-state index contributed by atoms with van der Waals surface area (Å²) in [5.74, 6) is -0.269. The maximum Gasteiger partial charge on any atom is 0.217 e. The van der Waals surface area contributed by atoms with E-state index < -0.39 is 0 Å². The fourth-order valence-electron chi connectivity index (χ4n) is 1.89. The van der Waals surface area contributed by atoms with Gasteiger partial charge in [0.1, 0.15) is 5.78 Å². The molecule has 0 aliphatic rings. The van der Waals surface area contributed by atoms with E-state index in [1.54, 1.807) is 12.1 Å². The Morgan fingerprint density at radius 1 is 1.28 bits per heavy atom. The zero-order valence-electron chi connectivity index (χ0n) is 10.9. The molecule has 3 nitrogen and oxygen atoms in total. The van der Waals surface area contributed by atoms with Crippen molar-refractivity contribution in [2.75, 3.05) is 0 Å². The molecule has 0 saturated carbocycles. The van der Waals surface area contributed by atoms with Gasteiger partial charge in [-0.15, -0.1) is 0 Å². The average Bonchev–Trinajstić information content (AvgIpc) is 2.35. The van der Waals surface area contributed by atoms with Crippen LogP contribution in [0.15, 0.2) is 24.3 Å². The summed E-state index contributed by atoms with van der Waals surface area (Å²) in [5.41, 5.74) is 0.893. The van der Waals surface area contributed by atoms with Gasteiger partial charge in [0.05, 0.1) is 6.04 Å². The van der Waals surface area contributed by atoms with Gasteiger partial charge in [0, 0.05) is 24.3 Å². The van der Waals surface area contributed by atoms with Gasteiger partial charge in [-0.2, -0.15) is 0 Å². The minimum atomic E-state index is -0.299. The second-order valence-corrected chi connectivity index (χ2v) is 4.77. The van der Waals surface area contributed by atoms with Crippen molar-refractivity contribution in [3.63, 3.8) is 0 Å². The Morgan fingerprint density at radius 3 is 2.28 bits per heavy atom. The number of halogens is 1. The highest BCUT2D eigenvalue weighted by Gasteiger charge is 2.24. The van der Waals surface area contributed by atoms with E-state index >= 15 is 0 Å². The van der Waals surface area contributed by atoms with Gasteiger partial charge < -0.3 is 5.32 Å². The molecule has 1 aromatic rings. The molecule has 18 heavy (non-hydrogen) atoms. The molecular weight excluding hydrogens is 250 g/mol. The molecule has 4 heteroatoms. The Morgan fingerprint density at radius 2 is 1.83 bits per heavy atom. The van der Waals surface area contributed by atoms with Crippen LogP contribution in [-0.2, 0) is 9.59 Å². The summed E-state index contributed by atoms with van der Waals surface area (Å²) in [6.45, 7) is 5.11. The van der Waals surface area contributed by atoms with Crippen LogP contribution in [0.5, 0.6) is 0 Å². The number of hydrogen-bond donors (Lipinski definition) is 1. The molecule has 0 spiro atoms. The smallest absolute Gasteiger partial charge is 0.217 e. The van der Waals surface area contributed by atoms with E-state index in [0.717, 1.165) is 5.56 Å². The third-order valence-electron chi connectivity index (χ3n) is 2.94. The number of amides is 1. The van der Waals surface area contributed by atoms with E-state index in [2.05, 4.69) is 5.32 Å². The lowest BCUT2D eigenvalue weighted by Gasteiger charge is -2.24. The van der Waals surface area contributed by atoms with Crippen molar-refractivity contribution in [2.24, 2.45) is 5.92 Å². The predicted molar refractivity (Wildman–Crippen MR) is 72.5 cm³/mol. The van der Waals surface area contributed by atoms with Gasteiger partial charge in [-0.25, -0.2) is 0 Å². The van der Waals surface area contributed by atoms with Crippen LogP contribution in [0.4, 0.5) is 0 Å². The Kier molecular flexibility index (Phi) is 5.35. The van der Waals surface area contributed by atoms with Crippen molar-refractivity contribution in [2.45, 2.75) is 33.2 Å². The average molecular weight is 268 g/mol. The topological polar surface area (TPSA) is 46.2 Å². The minimum Gasteiger partial charge on any atom is -0.349 e. The molecule has 0 heterocycles. The predicted octanol–water partition coefficient (Wildman–Crippen LogP) is 3.13. The van der Waals surface area contributed by atoms with E-state index in [4.69, 9.17) is 11.6 Å². The number of ketones is 1. The van der Waals surface area contributed by atoms with E-state index in [1.807, 2.05) is 26.0 Å². The van der Waals surface area contributed by atoms with Crippen LogP contribution in [0.1, 0.15) is 38.8 Å². The van der Waals surface area contributed by atoms with Crippen LogP contribution in [0.3, 0.4) is 0 Å². The standard InChI is InChI=1S/C14H18ClNO2/c1-4-13(18)9(2)14(16-10(3)17)11-5-7-12(15)8-6-11/h5-9,14H,4H2,1-3H3,(H,16,17). The molecule has 1 aromatic carbocycles. The number of Topliss-reactive ketones (excluding diaryl/α,β-unsaturated/α-hetero) is 1. The van der Waals surface area contributed by atoms with Gasteiger partial charge in [0.25, 0.3) is 0 Å². The van der Waals surface area contributed by atoms with Crippen molar-refractivity contribution in [1.82, 2.24) is 5.32 Å². The summed E-state index contributed by atoms with van der Waals surface area (Å²) >= 11 is 5.84. The molecule has 0 aromatic heterocycles. The number of hydrogen-bond acceptors (Lipinski definition) is 2. The van der Waals surface area contributed by atoms with E-state index in [-0.39, 0.29) is 23.7 Å². The third kappa shape index (κ3) is 3.84. The first-order valence-corrected chi connectivity index (χ1v) is 6.38. The normalized spacial score (nSPS) is 13.8. The minimum absolute atomic E-state index is 0.128. The monoisotopic (exact) mass is 267 g/mol. The Hall–Kier alpha value is -1.35. The summed E-state index contributed by atoms with van der Waals surface area (Å²) in [5, 5.41) is 3.46. The van der Waals surface area contributed by atoms with Gasteiger partial charge >= 0.3 is 0 Å². The molecule has 2 unspecified atom stereocenters. The van der Waals surface area contributed by atoms with E-state index in [0.29, 0.717) is 11.4 Å². The van der Waals surface area contributed by atoms with Crippen LogP contribution < -0.4 is 5.32 Å². The first-order valence-electron chi connectivity index (χ1n) is 6.01. The third-order valence-corrected chi connectivity index (χ3v) is 3.20. The number of benzene rings is 1. The molecule has 0 saturated heterocycles. The number of nitrogens with one attached hydrogen (secondary N) is 1. The van der Waals surface area contributed by atoms with Crippen LogP contribution in [0.25, 0.3) is 0 Å². The molecule has 0 aliphatic heterocycles. The molecule has 0 bridgehead atoms. The van der Waals surface area contributed by atoms with Crippen LogP contribution in [0, 0.1) is 5.92 Å². The highest BCUT2D eigenvalue weighted by molar-refractivity contribution is 6.30. The molecule has 0 aliphatic carbocycles. The van der Waals surface area contributed by atoms with Gasteiger partial charge in [-0.1, -0.05) is 37.6 Å². The molecule has 1 amide bonds. The fourth-order valence-corrected chi connectivity index (χ4v) is 2.02. The Labute approximate surface area is 113 Å². The van der Waals surface area contributed by atoms with Gasteiger partial charge in [-0.3, -0.25) is 9.59 Å². The van der Waals surface area contributed by atoms with Crippen molar-refractivity contribution < 1.29 is 9.59 Å². The van der Waals surface area contributed by atoms with Gasteiger partial charge in [-0.05, 0) is 17.7 Å². The summed E-state index contributed by atoms with van der Waals surface area (Å²) < 4.78 is 0.